The summed E-state index contributed by atoms with van der Waals surface area (Å²) in [5, 5.41) is 1.33. The quantitative estimate of drug-likeness (QED) is 0.693. The molecule has 0 aliphatic carbocycles. The van der Waals surface area contributed by atoms with E-state index in [1.165, 1.54) is 27.2 Å². The van der Waals surface area contributed by atoms with Crippen LogP contribution in [0.5, 0.6) is 0 Å². The first-order chi connectivity index (χ1) is 8.75. The Bertz CT molecular complexity index is 679. The predicted octanol–water partition coefficient (Wildman–Crippen LogP) is 3.96. The maximum Gasteiger partial charge on any atom is 0.0797 e. The molecule has 0 saturated carbocycles. The van der Waals surface area contributed by atoms with Crippen molar-refractivity contribution >= 4 is 22.2 Å². The van der Waals surface area contributed by atoms with Gasteiger partial charge in [-0.2, -0.15) is 0 Å². The van der Waals surface area contributed by atoms with E-state index in [-0.39, 0.29) is 0 Å². The SMILES string of the molecule is Cc1ncsc1CCn1c(C)cc2ccccc21. The molecule has 0 spiro atoms. The lowest BCUT2D eigenvalue weighted by Crippen LogP contribution is -2.02. The Balaban J connectivity index is 1.91. The van der Waals surface area contributed by atoms with Crippen LogP contribution >= 0.6 is 11.3 Å². The van der Waals surface area contributed by atoms with Gasteiger partial charge in [-0.05, 0) is 31.4 Å². The Labute approximate surface area is 111 Å². The zero-order valence-electron chi connectivity index (χ0n) is 10.7. The van der Waals surface area contributed by atoms with Crippen LogP contribution in [0.2, 0.25) is 0 Å². The van der Waals surface area contributed by atoms with Crippen molar-refractivity contribution in [3.63, 3.8) is 0 Å². The molecular formula is C15H16N2S. The minimum Gasteiger partial charge on any atom is -0.345 e. The molecule has 92 valence electrons. The molecule has 0 aliphatic heterocycles. The molecule has 0 unspecified atom stereocenters. The minimum absolute atomic E-state index is 1.03. The number of rotatable bonds is 3. The van der Waals surface area contributed by atoms with Crippen molar-refractivity contribution in [2.75, 3.05) is 0 Å². The number of fused-ring (bicyclic) bond motifs is 1. The van der Waals surface area contributed by atoms with Gasteiger partial charge in [0, 0.05) is 29.1 Å². The van der Waals surface area contributed by atoms with E-state index < -0.39 is 0 Å². The van der Waals surface area contributed by atoms with Crippen molar-refractivity contribution in [3.8, 4) is 0 Å². The number of nitrogens with zero attached hydrogens (tertiary/aromatic N) is 2. The molecule has 0 bridgehead atoms. The second kappa shape index (κ2) is 4.58. The van der Waals surface area contributed by atoms with Crippen LogP contribution in [-0.2, 0) is 13.0 Å². The fourth-order valence-corrected chi connectivity index (χ4v) is 3.20. The lowest BCUT2D eigenvalue weighted by Gasteiger charge is -2.07. The van der Waals surface area contributed by atoms with Crippen molar-refractivity contribution < 1.29 is 0 Å². The summed E-state index contributed by atoms with van der Waals surface area (Å²) in [4.78, 5) is 5.71. The van der Waals surface area contributed by atoms with Gasteiger partial charge in [0.2, 0.25) is 0 Å². The molecule has 0 N–H and O–H groups in total. The molecule has 2 heterocycles. The zero-order valence-corrected chi connectivity index (χ0v) is 11.5. The molecule has 18 heavy (non-hydrogen) atoms. The summed E-state index contributed by atoms with van der Waals surface area (Å²) in [6, 6.07) is 10.8. The Morgan fingerprint density at radius 3 is 2.83 bits per heavy atom. The van der Waals surface area contributed by atoms with E-state index in [1.54, 1.807) is 11.3 Å². The van der Waals surface area contributed by atoms with Crippen molar-refractivity contribution in [2.45, 2.75) is 26.8 Å². The Hall–Kier alpha value is -1.61. The number of thiazole rings is 1. The largest absolute Gasteiger partial charge is 0.345 e. The smallest absolute Gasteiger partial charge is 0.0797 e. The number of benzene rings is 1. The van der Waals surface area contributed by atoms with E-state index in [9.17, 15) is 0 Å². The first-order valence-corrected chi connectivity index (χ1v) is 7.07. The first-order valence-electron chi connectivity index (χ1n) is 6.19. The highest BCUT2D eigenvalue weighted by atomic mass is 32.1. The predicted molar refractivity (Wildman–Crippen MR) is 77.2 cm³/mol. The standard InChI is InChI=1S/C15H16N2S/c1-11-9-13-5-3-4-6-14(13)17(11)8-7-15-12(2)16-10-18-15/h3-6,9-10H,7-8H2,1-2H3. The average Bonchev–Trinajstić information content (AvgIpc) is 2.90. The van der Waals surface area contributed by atoms with E-state index in [2.05, 4.69) is 53.7 Å². The Kier molecular flexibility index (Phi) is 2.92. The van der Waals surface area contributed by atoms with Crippen LogP contribution in [-0.4, -0.2) is 9.55 Å². The summed E-state index contributed by atoms with van der Waals surface area (Å²) in [7, 11) is 0. The second-order valence-corrected chi connectivity index (χ2v) is 5.55. The monoisotopic (exact) mass is 256 g/mol. The number of hydrogen-bond acceptors (Lipinski definition) is 2. The summed E-state index contributed by atoms with van der Waals surface area (Å²) >= 11 is 1.76. The molecule has 0 aliphatic rings. The molecule has 2 nitrogen and oxygen atoms in total. The summed E-state index contributed by atoms with van der Waals surface area (Å²) in [5.41, 5.74) is 5.77. The van der Waals surface area contributed by atoms with Crippen LogP contribution in [0.15, 0.2) is 35.8 Å². The van der Waals surface area contributed by atoms with Crippen LogP contribution in [0.25, 0.3) is 10.9 Å². The highest BCUT2D eigenvalue weighted by Gasteiger charge is 2.06. The Morgan fingerprint density at radius 2 is 2.06 bits per heavy atom. The Morgan fingerprint density at radius 1 is 1.22 bits per heavy atom. The summed E-state index contributed by atoms with van der Waals surface area (Å²) < 4.78 is 2.40. The second-order valence-electron chi connectivity index (χ2n) is 4.61. The minimum atomic E-state index is 1.03. The van der Waals surface area contributed by atoms with Crippen molar-refractivity contribution in [2.24, 2.45) is 0 Å². The maximum atomic E-state index is 4.31. The molecule has 2 aromatic heterocycles. The van der Waals surface area contributed by atoms with Crippen molar-refractivity contribution in [1.82, 2.24) is 9.55 Å². The summed E-state index contributed by atoms with van der Waals surface area (Å²) in [6.07, 6.45) is 1.07. The van der Waals surface area contributed by atoms with Crippen molar-refractivity contribution in [3.05, 3.63) is 52.1 Å². The van der Waals surface area contributed by atoms with E-state index in [0.717, 1.165) is 13.0 Å². The number of aromatic nitrogens is 2. The average molecular weight is 256 g/mol. The van der Waals surface area contributed by atoms with Crippen LogP contribution in [0, 0.1) is 13.8 Å². The van der Waals surface area contributed by atoms with Gasteiger partial charge in [-0.25, -0.2) is 4.98 Å². The molecule has 1 aromatic carbocycles. The van der Waals surface area contributed by atoms with Crippen LogP contribution in [0.1, 0.15) is 16.3 Å². The third-order valence-electron chi connectivity index (χ3n) is 3.43. The van der Waals surface area contributed by atoms with E-state index >= 15 is 0 Å². The van der Waals surface area contributed by atoms with Gasteiger partial charge in [0.15, 0.2) is 0 Å². The highest BCUT2D eigenvalue weighted by Crippen LogP contribution is 2.21. The molecule has 0 radical (unpaired) electrons. The van der Waals surface area contributed by atoms with Gasteiger partial charge >= 0.3 is 0 Å². The molecule has 0 amide bonds. The third-order valence-corrected chi connectivity index (χ3v) is 4.42. The lowest BCUT2D eigenvalue weighted by atomic mass is 10.2. The molecule has 3 aromatic rings. The molecular weight excluding hydrogens is 240 g/mol. The number of hydrogen-bond donors (Lipinski definition) is 0. The van der Waals surface area contributed by atoms with Gasteiger partial charge in [-0.3, -0.25) is 0 Å². The van der Waals surface area contributed by atoms with Crippen LogP contribution in [0.4, 0.5) is 0 Å². The van der Waals surface area contributed by atoms with Crippen LogP contribution in [0.3, 0.4) is 0 Å². The highest BCUT2D eigenvalue weighted by molar-refractivity contribution is 7.09. The van der Waals surface area contributed by atoms with E-state index in [4.69, 9.17) is 0 Å². The number of aryl methyl sites for hydroxylation is 4. The molecule has 0 saturated heterocycles. The summed E-state index contributed by atoms with van der Waals surface area (Å²) in [5.74, 6) is 0. The van der Waals surface area contributed by atoms with Gasteiger partial charge in [-0.15, -0.1) is 11.3 Å². The molecule has 3 rings (SSSR count). The van der Waals surface area contributed by atoms with Gasteiger partial charge in [0.1, 0.15) is 0 Å². The lowest BCUT2D eigenvalue weighted by molar-refractivity contribution is 0.706. The van der Waals surface area contributed by atoms with Gasteiger partial charge in [0.25, 0.3) is 0 Å². The third kappa shape index (κ3) is 1.95. The fourth-order valence-electron chi connectivity index (χ4n) is 2.42. The number of para-hydroxylation sites is 1. The summed E-state index contributed by atoms with van der Waals surface area (Å²) in [6.45, 7) is 5.30. The van der Waals surface area contributed by atoms with Crippen molar-refractivity contribution in [1.29, 1.82) is 0 Å². The normalized spacial score (nSPS) is 11.2. The molecule has 3 heteroatoms. The van der Waals surface area contributed by atoms with Gasteiger partial charge < -0.3 is 4.57 Å². The molecule has 0 fully saturated rings. The topological polar surface area (TPSA) is 17.8 Å². The van der Waals surface area contributed by atoms with Crippen LogP contribution < -0.4 is 0 Å². The first kappa shape index (κ1) is 11.5. The molecule has 0 atom stereocenters. The van der Waals surface area contributed by atoms with E-state index in [1.807, 2.05) is 5.51 Å². The maximum absolute atomic E-state index is 4.31. The zero-order chi connectivity index (χ0) is 12.5. The van der Waals surface area contributed by atoms with Gasteiger partial charge in [-0.1, -0.05) is 18.2 Å². The fraction of sp³-hybridized carbons (Fsp3) is 0.267. The van der Waals surface area contributed by atoms with Gasteiger partial charge in [0.05, 0.1) is 11.2 Å². The van der Waals surface area contributed by atoms with E-state index in [0.29, 0.717) is 0 Å².